The standard InChI is InChI=1S/C9H16O3.Na/c1-2-3-4-5-6-7-8(10)9(11)12;/h2-7H2,1H3,(H,11,12);/q;+1/p-1. The third-order valence-corrected chi connectivity index (χ3v) is 1.74. The summed E-state index contributed by atoms with van der Waals surface area (Å²) in [4.78, 5) is 20.5. The van der Waals surface area contributed by atoms with E-state index in [4.69, 9.17) is 0 Å². The Morgan fingerprint density at radius 3 is 2.08 bits per heavy atom. The minimum Gasteiger partial charge on any atom is -0.542 e. The molecule has 0 aromatic rings. The van der Waals surface area contributed by atoms with Crippen LogP contribution in [0.3, 0.4) is 0 Å². The van der Waals surface area contributed by atoms with E-state index in [0.29, 0.717) is 6.42 Å². The molecule has 0 atom stereocenters. The van der Waals surface area contributed by atoms with Gasteiger partial charge in [-0.2, -0.15) is 0 Å². The number of carbonyl (C=O) groups is 2. The first kappa shape index (κ1) is 15.6. The summed E-state index contributed by atoms with van der Waals surface area (Å²) in [5, 5.41) is 9.96. The molecule has 0 aliphatic rings. The van der Waals surface area contributed by atoms with E-state index in [2.05, 4.69) is 6.92 Å². The van der Waals surface area contributed by atoms with Gasteiger partial charge in [-0.05, 0) is 6.42 Å². The third-order valence-electron chi connectivity index (χ3n) is 1.74. The van der Waals surface area contributed by atoms with Gasteiger partial charge in [0.25, 0.3) is 0 Å². The first-order valence-corrected chi connectivity index (χ1v) is 4.42. The fraction of sp³-hybridized carbons (Fsp3) is 0.778. The average Bonchev–Trinajstić information content (AvgIpc) is 2.03. The maximum absolute atomic E-state index is 10.5. The Bertz CT molecular complexity index is 157. The van der Waals surface area contributed by atoms with Crippen molar-refractivity contribution in [3.05, 3.63) is 0 Å². The minimum atomic E-state index is -1.55. The SMILES string of the molecule is CCCCCCCC(=O)C(=O)[O-].[Na+]. The van der Waals surface area contributed by atoms with Crippen LogP contribution in [-0.4, -0.2) is 11.8 Å². The van der Waals surface area contributed by atoms with Crippen LogP contribution in [0.2, 0.25) is 0 Å². The van der Waals surface area contributed by atoms with Crippen molar-refractivity contribution in [3.63, 3.8) is 0 Å². The topological polar surface area (TPSA) is 57.2 Å². The van der Waals surface area contributed by atoms with Gasteiger partial charge in [-0.3, -0.25) is 4.79 Å². The zero-order chi connectivity index (χ0) is 9.40. The van der Waals surface area contributed by atoms with Crippen LogP contribution < -0.4 is 34.7 Å². The minimum absolute atomic E-state index is 0. The molecule has 0 amide bonds. The number of aliphatic carboxylic acids is 1. The van der Waals surface area contributed by atoms with Crippen LogP contribution in [0.1, 0.15) is 45.4 Å². The molecule has 0 radical (unpaired) electrons. The van der Waals surface area contributed by atoms with Gasteiger partial charge in [0, 0.05) is 6.42 Å². The maximum Gasteiger partial charge on any atom is 1.00 e. The molecule has 13 heavy (non-hydrogen) atoms. The molecule has 0 aliphatic carbocycles. The van der Waals surface area contributed by atoms with Crippen molar-refractivity contribution in [3.8, 4) is 0 Å². The number of unbranched alkanes of at least 4 members (excludes halogenated alkanes) is 4. The monoisotopic (exact) mass is 194 g/mol. The van der Waals surface area contributed by atoms with Crippen molar-refractivity contribution in [2.75, 3.05) is 0 Å². The van der Waals surface area contributed by atoms with E-state index in [1.54, 1.807) is 0 Å². The van der Waals surface area contributed by atoms with Gasteiger partial charge in [-0.15, -0.1) is 0 Å². The summed E-state index contributed by atoms with van der Waals surface area (Å²) in [6, 6.07) is 0. The summed E-state index contributed by atoms with van der Waals surface area (Å²) in [5.74, 6) is -2.32. The molecule has 0 N–H and O–H groups in total. The first-order valence-electron chi connectivity index (χ1n) is 4.42. The van der Waals surface area contributed by atoms with Gasteiger partial charge in [0.1, 0.15) is 5.97 Å². The van der Waals surface area contributed by atoms with Crippen LogP contribution in [0.4, 0.5) is 0 Å². The fourth-order valence-electron chi connectivity index (χ4n) is 0.991. The van der Waals surface area contributed by atoms with E-state index < -0.39 is 11.8 Å². The van der Waals surface area contributed by atoms with Gasteiger partial charge >= 0.3 is 29.6 Å². The number of ketones is 1. The van der Waals surface area contributed by atoms with E-state index in [1.807, 2.05) is 0 Å². The molecule has 0 saturated heterocycles. The van der Waals surface area contributed by atoms with E-state index in [0.717, 1.165) is 25.7 Å². The Morgan fingerprint density at radius 1 is 1.08 bits per heavy atom. The number of hydrogen-bond acceptors (Lipinski definition) is 3. The van der Waals surface area contributed by atoms with Gasteiger partial charge in [0.15, 0.2) is 5.78 Å². The number of carboxylic acid groups (broad SMARTS) is 1. The molecule has 0 unspecified atom stereocenters. The molecular formula is C9H15NaO3. The van der Waals surface area contributed by atoms with E-state index in [1.165, 1.54) is 0 Å². The molecule has 0 aromatic carbocycles. The van der Waals surface area contributed by atoms with E-state index in [-0.39, 0.29) is 36.0 Å². The molecule has 0 fully saturated rings. The second-order valence-corrected chi connectivity index (χ2v) is 2.87. The molecule has 4 heteroatoms. The molecule has 70 valence electrons. The van der Waals surface area contributed by atoms with Crippen molar-refractivity contribution in [1.82, 2.24) is 0 Å². The fourth-order valence-corrected chi connectivity index (χ4v) is 0.991. The van der Waals surface area contributed by atoms with Gasteiger partial charge in [-0.1, -0.05) is 32.6 Å². The summed E-state index contributed by atoms with van der Waals surface area (Å²) in [5.41, 5.74) is 0. The Labute approximate surface area is 101 Å². The third kappa shape index (κ3) is 10.1. The summed E-state index contributed by atoms with van der Waals surface area (Å²) < 4.78 is 0. The number of rotatable bonds is 7. The largest absolute Gasteiger partial charge is 1.00 e. The van der Waals surface area contributed by atoms with E-state index >= 15 is 0 Å². The van der Waals surface area contributed by atoms with Crippen molar-refractivity contribution in [2.24, 2.45) is 0 Å². The summed E-state index contributed by atoms with van der Waals surface area (Å²) in [6.45, 7) is 2.10. The van der Waals surface area contributed by atoms with Gasteiger partial charge in [-0.25, -0.2) is 0 Å². The van der Waals surface area contributed by atoms with Crippen molar-refractivity contribution in [1.29, 1.82) is 0 Å². The van der Waals surface area contributed by atoms with Crippen LogP contribution in [-0.2, 0) is 9.59 Å². The molecule has 0 aliphatic heterocycles. The Balaban J connectivity index is 0. The quantitative estimate of drug-likeness (QED) is 0.259. The number of carbonyl (C=O) groups excluding carboxylic acids is 2. The first-order chi connectivity index (χ1) is 5.68. The smallest absolute Gasteiger partial charge is 0.542 e. The molecule has 3 nitrogen and oxygen atoms in total. The van der Waals surface area contributed by atoms with Crippen molar-refractivity contribution >= 4 is 11.8 Å². The molecule has 0 heterocycles. The van der Waals surface area contributed by atoms with E-state index in [9.17, 15) is 14.7 Å². The van der Waals surface area contributed by atoms with Gasteiger partial charge in [0.05, 0.1) is 0 Å². The molecule has 0 bridgehead atoms. The van der Waals surface area contributed by atoms with Crippen LogP contribution in [0.5, 0.6) is 0 Å². The Hall–Kier alpha value is 0.140. The maximum atomic E-state index is 10.5. The average molecular weight is 194 g/mol. The zero-order valence-corrected chi connectivity index (χ0v) is 10.5. The molecule has 0 rings (SSSR count). The molecule has 0 saturated carbocycles. The number of Topliss-reactive ketones (excluding diaryl/α,β-unsaturated/α-hetero) is 1. The normalized spacial score (nSPS) is 9.00. The van der Waals surface area contributed by atoms with Crippen molar-refractivity contribution < 1.29 is 44.3 Å². The second-order valence-electron chi connectivity index (χ2n) is 2.87. The zero-order valence-electron chi connectivity index (χ0n) is 8.47. The molecular weight excluding hydrogens is 179 g/mol. The number of hydrogen-bond donors (Lipinski definition) is 0. The van der Waals surface area contributed by atoms with Gasteiger partial charge in [0.2, 0.25) is 0 Å². The van der Waals surface area contributed by atoms with Crippen LogP contribution in [0.25, 0.3) is 0 Å². The Morgan fingerprint density at radius 2 is 1.62 bits per heavy atom. The van der Waals surface area contributed by atoms with Gasteiger partial charge < -0.3 is 9.90 Å². The van der Waals surface area contributed by atoms with Crippen LogP contribution in [0, 0.1) is 0 Å². The predicted molar refractivity (Wildman–Crippen MR) is 43.4 cm³/mol. The van der Waals surface area contributed by atoms with Crippen LogP contribution in [0.15, 0.2) is 0 Å². The summed E-state index contributed by atoms with van der Waals surface area (Å²) >= 11 is 0. The Kier molecular flexibility index (Phi) is 12.3. The molecule has 0 aromatic heterocycles. The van der Waals surface area contributed by atoms with Crippen LogP contribution >= 0.6 is 0 Å². The van der Waals surface area contributed by atoms with Crippen molar-refractivity contribution in [2.45, 2.75) is 45.4 Å². The number of carboxylic acids is 1. The predicted octanol–water partition coefficient (Wildman–Crippen LogP) is -2.33. The summed E-state index contributed by atoms with van der Waals surface area (Å²) in [7, 11) is 0. The summed E-state index contributed by atoms with van der Waals surface area (Å²) in [6.07, 6.45) is 5.12. The second kappa shape index (κ2) is 10.2. The molecule has 0 spiro atoms.